The Morgan fingerprint density at radius 3 is 2.66 bits per heavy atom. The quantitative estimate of drug-likeness (QED) is 0.381. The average molecular weight is 450 g/mol. The van der Waals surface area contributed by atoms with Crippen LogP contribution in [0.5, 0.6) is 5.75 Å². The molecule has 1 atom stereocenters. The number of methoxy groups -OCH3 is 1. The molecule has 9 heteroatoms. The molecule has 0 saturated carbocycles. The molecule has 0 aliphatic rings. The van der Waals surface area contributed by atoms with E-state index in [9.17, 15) is 9.50 Å². The van der Waals surface area contributed by atoms with Crippen molar-refractivity contribution in [1.82, 2.24) is 15.0 Å². The summed E-state index contributed by atoms with van der Waals surface area (Å²) in [6.07, 6.45) is 3.63. The Labute approximate surface area is 179 Å². The summed E-state index contributed by atoms with van der Waals surface area (Å²) in [7, 11) is 1.43. The molecule has 0 aliphatic carbocycles. The number of aromatic amines is 1. The van der Waals surface area contributed by atoms with Crippen LogP contribution < -0.4 is 4.74 Å². The lowest BCUT2D eigenvalue weighted by atomic mass is 10.00. The molecule has 29 heavy (non-hydrogen) atoms. The summed E-state index contributed by atoms with van der Waals surface area (Å²) in [6.45, 7) is 0. The van der Waals surface area contributed by atoms with Gasteiger partial charge in [-0.25, -0.2) is 14.4 Å². The number of nitrogens with one attached hydrogen (secondary N) is 1. The number of benzene rings is 1. The van der Waals surface area contributed by atoms with Crippen LogP contribution in [0.15, 0.2) is 48.9 Å². The van der Waals surface area contributed by atoms with Gasteiger partial charge in [0.2, 0.25) is 0 Å². The largest absolute Gasteiger partial charge is 0.495 e. The van der Waals surface area contributed by atoms with Gasteiger partial charge in [0.05, 0.1) is 17.0 Å². The second-order valence-electron chi connectivity index (χ2n) is 6.11. The molecule has 0 bridgehead atoms. The fourth-order valence-electron chi connectivity index (χ4n) is 2.96. The standard InChI is InChI=1S/C20H14Cl2FN3O2S/c1-28-15-7-11(14(23)9-13(15)21)18(27)12-8-16(10-2-3-24-17(22)6-10)29-19(12)20-25-4-5-26-20/h2-9,18,27H,1H3,(H,25,26). The predicted molar refractivity (Wildman–Crippen MR) is 112 cm³/mol. The van der Waals surface area contributed by atoms with Crippen molar-refractivity contribution in [2.24, 2.45) is 0 Å². The number of hydrogen-bond acceptors (Lipinski definition) is 5. The van der Waals surface area contributed by atoms with Crippen LogP contribution in [0.1, 0.15) is 17.2 Å². The molecule has 148 valence electrons. The lowest BCUT2D eigenvalue weighted by Gasteiger charge is -2.14. The zero-order valence-corrected chi connectivity index (χ0v) is 17.3. The Morgan fingerprint density at radius 2 is 1.97 bits per heavy atom. The number of aromatic nitrogens is 3. The van der Waals surface area contributed by atoms with Crippen LogP contribution in [0.25, 0.3) is 21.1 Å². The van der Waals surface area contributed by atoms with E-state index in [-0.39, 0.29) is 16.3 Å². The molecular weight excluding hydrogens is 436 g/mol. The van der Waals surface area contributed by atoms with Crippen molar-refractivity contribution in [1.29, 1.82) is 0 Å². The van der Waals surface area contributed by atoms with Crippen molar-refractivity contribution in [2.75, 3.05) is 7.11 Å². The fraction of sp³-hybridized carbons (Fsp3) is 0.100. The highest BCUT2D eigenvalue weighted by molar-refractivity contribution is 7.19. The first kappa shape index (κ1) is 19.8. The van der Waals surface area contributed by atoms with Gasteiger partial charge in [-0.15, -0.1) is 11.3 Å². The van der Waals surface area contributed by atoms with E-state index in [1.54, 1.807) is 30.7 Å². The maximum Gasteiger partial charge on any atom is 0.147 e. The van der Waals surface area contributed by atoms with Gasteiger partial charge in [0.15, 0.2) is 0 Å². The molecule has 0 amide bonds. The van der Waals surface area contributed by atoms with E-state index in [0.29, 0.717) is 21.4 Å². The summed E-state index contributed by atoms with van der Waals surface area (Å²) in [4.78, 5) is 12.8. The third-order valence-electron chi connectivity index (χ3n) is 4.35. The van der Waals surface area contributed by atoms with E-state index in [1.165, 1.54) is 24.5 Å². The normalized spacial score (nSPS) is 12.2. The van der Waals surface area contributed by atoms with E-state index in [0.717, 1.165) is 16.5 Å². The first-order chi connectivity index (χ1) is 14.0. The number of hydrogen-bond donors (Lipinski definition) is 2. The Balaban J connectivity index is 1.86. The number of ether oxygens (including phenoxy) is 1. The van der Waals surface area contributed by atoms with Crippen LogP contribution in [0, 0.1) is 5.82 Å². The Hall–Kier alpha value is -2.45. The number of imidazole rings is 1. The van der Waals surface area contributed by atoms with Crippen LogP contribution in [0.3, 0.4) is 0 Å². The van der Waals surface area contributed by atoms with Crippen LogP contribution in [0.4, 0.5) is 4.39 Å². The molecule has 4 aromatic rings. The summed E-state index contributed by atoms with van der Waals surface area (Å²) >= 11 is 13.4. The molecule has 1 unspecified atom stereocenters. The maximum absolute atomic E-state index is 14.6. The highest BCUT2D eigenvalue weighted by atomic mass is 35.5. The number of pyridine rings is 1. The van der Waals surface area contributed by atoms with Gasteiger partial charge in [0, 0.05) is 34.6 Å². The second-order valence-corrected chi connectivity index (χ2v) is 7.96. The van der Waals surface area contributed by atoms with E-state index in [2.05, 4.69) is 15.0 Å². The number of thiophene rings is 1. The second kappa shape index (κ2) is 8.12. The lowest BCUT2D eigenvalue weighted by molar-refractivity contribution is 0.215. The first-order valence-corrected chi connectivity index (χ1v) is 10.0. The molecule has 3 heterocycles. The van der Waals surface area contributed by atoms with E-state index in [1.807, 2.05) is 6.07 Å². The van der Waals surface area contributed by atoms with E-state index >= 15 is 0 Å². The van der Waals surface area contributed by atoms with Gasteiger partial charge < -0.3 is 14.8 Å². The van der Waals surface area contributed by atoms with Crippen molar-refractivity contribution in [2.45, 2.75) is 6.10 Å². The molecule has 5 nitrogen and oxygen atoms in total. The monoisotopic (exact) mass is 449 g/mol. The van der Waals surface area contributed by atoms with Gasteiger partial charge in [-0.2, -0.15) is 0 Å². The molecule has 1 aromatic carbocycles. The van der Waals surface area contributed by atoms with Crippen molar-refractivity contribution >= 4 is 34.5 Å². The van der Waals surface area contributed by atoms with Crippen LogP contribution >= 0.6 is 34.5 Å². The van der Waals surface area contributed by atoms with Crippen molar-refractivity contribution < 1.29 is 14.2 Å². The molecular formula is C20H14Cl2FN3O2S. The minimum absolute atomic E-state index is 0.0520. The van der Waals surface area contributed by atoms with Crippen molar-refractivity contribution in [3.8, 4) is 26.9 Å². The van der Waals surface area contributed by atoms with E-state index in [4.69, 9.17) is 27.9 Å². The Kier molecular flexibility index (Phi) is 5.56. The third-order valence-corrected chi connectivity index (χ3v) is 6.05. The molecule has 2 N–H and O–H groups in total. The zero-order chi connectivity index (χ0) is 20.5. The maximum atomic E-state index is 14.6. The van der Waals surface area contributed by atoms with Crippen LogP contribution in [-0.4, -0.2) is 27.2 Å². The highest BCUT2D eigenvalue weighted by Gasteiger charge is 2.25. The van der Waals surface area contributed by atoms with Crippen molar-refractivity contribution in [3.63, 3.8) is 0 Å². The summed E-state index contributed by atoms with van der Waals surface area (Å²) in [5, 5.41) is 11.5. The first-order valence-electron chi connectivity index (χ1n) is 8.44. The molecule has 0 spiro atoms. The highest BCUT2D eigenvalue weighted by Crippen LogP contribution is 2.43. The van der Waals surface area contributed by atoms with Crippen LogP contribution in [-0.2, 0) is 0 Å². The van der Waals surface area contributed by atoms with Gasteiger partial charge in [-0.1, -0.05) is 23.2 Å². The molecule has 3 aromatic heterocycles. The van der Waals surface area contributed by atoms with Gasteiger partial charge in [-0.05, 0) is 35.9 Å². The summed E-state index contributed by atoms with van der Waals surface area (Å²) in [5.41, 5.74) is 1.38. The smallest absolute Gasteiger partial charge is 0.147 e. The number of halogens is 3. The lowest BCUT2D eigenvalue weighted by Crippen LogP contribution is -2.04. The summed E-state index contributed by atoms with van der Waals surface area (Å²) < 4.78 is 19.8. The van der Waals surface area contributed by atoms with Crippen LogP contribution in [0.2, 0.25) is 10.2 Å². The summed E-state index contributed by atoms with van der Waals surface area (Å²) in [5.74, 6) is 0.211. The van der Waals surface area contributed by atoms with Gasteiger partial charge >= 0.3 is 0 Å². The number of aliphatic hydroxyl groups excluding tert-OH is 1. The Bertz CT molecular complexity index is 1160. The molecule has 0 radical (unpaired) electrons. The Morgan fingerprint density at radius 1 is 1.14 bits per heavy atom. The van der Waals surface area contributed by atoms with Gasteiger partial charge in [-0.3, -0.25) is 0 Å². The topological polar surface area (TPSA) is 71.0 Å². The molecule has 0 aliphatic heterocycles. The van der Waals surface area contributed by atoms with Gasteiger partial charge in [0.25, 0.3) is 0 Å². The molecule has 0 fully saturated rings. The summed E-state index contributed by atoms with van der Waals surface area (Å²) in [6, 6.07) is 7.85. The number of aliphatic hydroxyl groups is 1. The SMILES string of the molecule is COc1cc(C(O)c2cc(-c3ccnc(Cl)c3)sc2-c2ncc[nH]2)c(F)cc1Cl. The predicted octanol–water partition coefficient (Wildman–Crippen LogP) is 5.74. The number of nitrogens with zero attached hydrogens (tertiary/aromatic N) is 2. The molecule has 4 rings (SSSR count). The minimum atomic E-state index is -1.26. The van der Waals surface area contributed by atoms with E-state index < -0.39 is 11.9 Å². The minimum Gasteiger partial charge on any atom is -0.495 e. The average Bonchev–Trinajstić information content (AvgIpc) is 3.37. The number of rotatable bonds is 5. The third kappa shape index (κ3) is 3.86. The number of H-pyrrole nitrogens is 1. The zero-order valence-electron chi connectivity index (χ0n) is 15.0. The molecule has 0 saturated heterocycles. The van der Waals surface area contributed by atoms with Gasteiger partial charge in [0.1, 0.15) is 28.6 Å². The van der Waals surface area contributed by atoms with Crippen molar-refractivity contribution in [3.05, 3.63) is 76.0 Å². The fourth-order valence-corrected chi connectivity index (χ4v) is 4.51.